The van der Waals surface area contributed by atoms with Gasteiger partial charge in [0.25, 0.3) is 0 Å². The van der Waals surface area contributed by atoms with Crippen LogP contribution in [0, 0.1) is 18.3 Å². The van der Waals surface area contributed by atoms with Crippen molar-refractivity contribution in [3.05, 3.63) is 47.7 Å². The molecule has 0 aliphatic rings. The van der Waals surface area contributed by atoms with Crippen molar-refractivity contribution in [3.63, 3.8) is 0 Å². The van der Waals surface area contributed by atoms with Crippen LogP contribution in [0.4, 0.5) is 23.1 Å². The van der Waals surface area contributed by atoms with Gasteiger partial charge in [0.15, 0.2) is 11.4 Å². The van der Waals surface area contributed by atoms with Gasteiger partial charge in [-0.1, -0.05) is 12.1 Å². The predicted molar refractivity (Wildman–Crippen MR) is 113 cm³/mol. The molecule has 0 saturated carbocycles. The van der Waals surface area contributed by atoms with Crippen LogP contribution in [0.2, 0.25) is 0 Å². The van der Waals surface area contributed by atoms with Gasteiger partial charge in [-0.05, 0) is 37.4 Å². The number of para-hydroxylation sites is 2. The number of nitrogens with zero attached hydrogens (tertiary/aromatic N) is 9. The van der Waals surface area contributed by atoms with Crippen molar-refractivity contribution in [2.45, 2.75) is 6.92 Å². The average Bonchev–Trinajstić information content (AvgIpc) is 3.35. The van der Waals surface area contributed by atoms with Crippen LogP contribution in [-0.2, 0) is 0 Å². The molecule has 148 valence electrons. The molecule has 0 N–H and O–H groups in total. The normalized spacial score (nSPS) is 11.1. The van der Waals surface area contributed by atoms with E-state index in [1.54, 1.807) is 6.07 Å². The summed E-state index contributed by atoms with van der Waals surface area (Å²) in [5.41, 5.74) is 2.75. The predicted octanol–water partition coefficient (Wildman–Crippen LogP) is 4.40. The van der Waals surface area contributed by atoms with Crippen LogP contribution < -0.4 is 4.90 Å². The molecule has 30 heavy (non-hydrogen) atoms. The summed E-state index contributed by atoms with van der Waals surface area (Å²) in [5.74, 6) is 1.26. The lowest BCUT2D eigenvalue weighted by atomic mass is 10.2. The third kappa shape index (κ3) is 3.29. The van der Waals surface area contributed by atoms with E-state index in [1.807, 2.05) is 50.2 Å². The van der Waals surface area contributed by atoms with Crippen molar-refractivity contribution in [3.8, 4) is 12.1 Å². The van der Waals surface area contributed by atoms with Gasteiger partial charge in [-0.25, -0.2) is 9.98 Å². The minimum Gasteiger partial charge on any atom is -0.422 e. The molecule has 4 aromatic rings. The van der Waals surface area contributed by atoms with E-state index in [-0.39, 0.29) is 17.4 Å². The number of oxazole rings is 1. The van der Waals surface area contributed by atoms with Gasteiger partial charge in [0.05, 0.1) is 6.20 Å². The summed E-state index contributed by atoms with van der Waals surface area (Å²) in [6.07, 6.45) is 1.39. The van der Waals surface area contributed by atoms with Gasteiger partial charge in [-0.3, -0.25) is 0 Å². The summed E-state index contributed by atoms with van der Waals surface area (Å²) < 4.78 is 7.08. The number of azo groups is 1. The number of nitriles is 1. The number of rotatable bonds is 5. The molecule has 0 spiro atoms. The molecular weight excluding hydrogens is 382 g/mol. The monoisotopic (exact) mass is 399 g/mol. The van der Waals surface area contributed by atoms with E-state index in [2.05, 4.69) is 43.1 Å². The fourth-order valence-electron chi connectivity index (χ4n) is 2.80. The number of hydrogen-bond acceptors (Lipinski definition) is 9. The lowest BCUT2D eigenvalue weighted by Crippen LogP contribution is -2.10. The highest BCUT2D eigenvalue weighted by Gasteiger charge is 2.18. The first-order valence-corrected chi connectivity index (χ1v) is 8.93. The Labute approximate surface area is 171 Å². The molecule has 0 aliphatic heterocycles. The molecule has 10 nitrogen and oxygen atoms in total. The van der Waals surface area contributed by atoms with Gasteiger partial charge >= 0.3 is 6.01 Å². The zero-order chi connectivity index (χ0) is 21.3. The molecular formula is C20H17N9O. The molecule has 0 bridgehead atoms. The third-order valence-corrected chi connectivity index (χ3v) is 4.33. The lowest BCUT2D eigenvalue weighted by Gasteiger charge is -2.13. The minimum absolute atomic E-state index is 0.187. The molecule has 3 heterocycles. The van der Waals surface area contributed by atoms with Crippen molar-refractivity contribution < 1.29 is 4.42 Å². The third-order valence-electron chi connectivity index (χ3n) is 4.33. The Morgan fingerprint density at radius 1 is 1.20 bits per heavy atom. The summed E-state index contributed by atoms with van der Waals surface area (Å²) in [6.45, 7) is 5.45. The van der Waals surface area contributed by atoms with Gasteiger partial charge in [0, 0.05) is 14.1 Å². The zero-order valence-corrected chi connectivity index (χ0v) is 16.6. The van der Waals surface area contributed by atoms with Crippen molar-refractivity contribution in [2.75, 3.05) is 19.0 Å². The highest BCUT2D eigenvalue weighted by molar-refractivity contribution is 5.73. The number of aromatic nitrogens is 4. The van der Waals surface area contributed by atoms with Gasteiger partial charge in [-0.15, -0.1) is 10.2 Å². The first-order valence-electron chi connectivity index (χ1n) is 8.93. The highest BCUT2D eigenvalue weighted by Crippen LogP contribution is 2.34. The summed E-state index contributed by atoms with van der Waals surface area (Å²) in [5, 5.41) is 22.2. The van der Waals surface area contributed by atoms with Crippen LogP contribution >= 0.6 is 0 Å². The van der Waals surface area contributed by atoms with E-state index in [1.165, 1.54) is 10.9 Å². The summed E-state index contributed by atoms with van der Waals surface area (Å²) in [7, 11) is 3.77. The van der Waals surface area contributed by atoms with E-state index >= 15 is 0 Å². The molecule has 4 rings (SSSR count). The Hall–Kier alpha value is -4.39. The molecule has 10 heteroatoms. The maximum absolute atomic E-state index is 9.47. The molecule has 0 aliphatic carbocycles. The Morgan fingerprint density at radius 2 is 2.00 bits per heavy atom. The number of anilines is 1. The molecule has 0 fully saturated rings. The molecule has 3 aromatic heterocycles. The first kappa shape index (κ1) is 18.9. The SMILES string of the molecule is C=Nc1nc(N(C)C)cc(C)c1/N=N/c1c(C#N)cnn1-c1nc2ccccc2o1. The average molecular weight is 399 g/mol. The number of aliphatic imine (C=N–C) groups is 1. The summed E-state index contributed by atoms with van der Waals surface area (Å²) in [4.78, 5) is 14.7. The number of pyridine rings is 1. The molecule has 0 radical (unpaired) electrons. The van der Waals surface area contributed by atoms with Gasteiger partial charge < -0.3 is 9.32 Å². The lowest BCUT2D eigenvalue weighted by molar-refractivity contribution is 0.544. The summed E-state index contributed by atoms with van der Waals surface area (Å²) in [6, 6.07) is 11.4. The van der Waals surface area contributed by atoms with Crippen molar-refractivity contribution in [1.29, 1.82) is 5.26 Å². The number of benzene rings is 1. The smallest absolute Gasteiger partial charge is 0.325 e. The van der Waals surface area contributed by atoms with Crippen LogP contribution in [0.5, 0.6) is 0 Å². The topological polar surface area (TPSA) is 121 Å². The largest absolute Gasteiger partial charge is 0.422 e. The Morgan fingerprint density at radius 3 is 2.70 bits per heavy atom. The van der Waals surface area contributed by atoms with E-state index in [0.717, 1.165) is 11.4 Å². The van der Waals surface area contributed by atoms with E-state index < -0.39 is 0 Å². The maximum atomic E-state index is 9.47. The van der Waals surface area contributed by atoms with Gasteiger partial charge in [-0.2, -0.15) is 20.0 Å². The molecule has 1 aromatic carbocycles. The molecule has 0 saturated heterocycles. The second-order valence-electron chi connectivity index (χ2n) is 6.59. The molecule has 0 atom stereocenters. The standard InChI is InChI=1S/C20H17N9O/c1-12-9-16(28(3)4)25-18(22-2)17(12)26-27-19-13(10-21)11-23-29(19)20-24-14-7-5-6-8-15(14)30-20/h5-9,11H,2H2,1,3-4H3/b27-26+. The first-order chi connectivity index (χ1) is 14.5. The van der Waals surface area contributed by atoms with E-state index in [4.69, 9.17) is 4.42 Å². The van der Waals surface area contributed by atoms with Gasteiger partial charge in [0.1, 0.15) is 28.7 Å². The highest BCUT2D eigenvalue weighted by atomic mass is 16.4. The number of fused-ring (bicyclic) bond motifs is 1. The minimum atomic E-state index is 0.187. The number of hydrogen-bond donors (Lipinski definition) is 0. The van der Waals surface area contributed by atoms with Crippen LogP contribution in [0.1, 0.15) is 11.1 Å². The zero-order valence-electron chi connectivity index (χ0n) is 16.6. The molecule has 0 unspecified atom stereocenters. The van der Waals surface area contributed by atoms with Crippen LogP contribution in [0.3, 0.4) is 0 Å². The van der Waals surface area contributed by atoms with Crippen molar-refractivity contribution in [1.82, 2.24) is 19.7 Å². The Balaban J connectivity index is 1.81. The molecule has 0 amide bonds. The van der Waals surface area contributed by atoms with Gasteiger partial charge in [0.2, 0.25) is 5.82 Å². The van der Waals surface area contributed by atoms with E-state index in [0.29, 0.717) is 22.6 Å². The second kappa shape index (κ2) is 7.56. The Kier molecular flexibility index (Phi) is 4.77. The van der Waals surface area contributed by atoms with Crippen LogP contribution in [0.25, 0.3) is 17.1 Å². The van der Waals surface area contributed by atoms with Crippen molar-refractivity contribution in [2.24, 2.45) is 15.2 Å². The summed E-state index contributed by atoms with van der Waals surface area (Å²) >= 11 is 0. The van der Waals surface area contributed by atoms with Crippen LogP contribution in [0.15, 0.2) is 56.2 Å². The Bertz CT molecular complexity index is 1290. The fraction of sp³-hybridized carbons (Fsp3) is 0.150. The van der Waals surface area contributed by atoms with E-state index in [9.17, 15) is 5.26 Å². The van der Waals surface area contributed by atoms with Crippen LogP contribution in [-0.4, -0.2) is 40.6 Å². The number of aryl methyl sites for hydroxylation is 1. The maximum Gasteiger partial charge on any atom is 0.325 e. The second-order valence-corrected chi connectivity index (χ2v) is 6.59. The van der Waals surface area contributed by atoms with Crippen molar-refractivity contribution >= 4 is 41.0 Å². The fourth-order valence-corrected chi connectivity index (χ4v) is 2.80. The quantitative estimate of drug-likeness (QED) is 0.362.